The molecule has 0 aliphatic carbocycles. The van der Waals surface area contributed by atoms with Gasteiger partial charge in [0.1, 0.15) is 6.04 Å². The van der Waals surface area contributed by atoms with E-state index in [2.05, 4.69) is 6.92 Å². The second kappa shape index (κ2) is 5.84. The molecule has 1 amide bonds. The van der Waals surface area contributed by atoms with E-state index in [1.807, 2.05) is 4.90 Å². The summed E-state index contributed by atoms with van der Waals surface area (Å²) in [6, 6.07) is -0.446. The molecule has 0 radical (unpaired) electrons. The Kier molecular flexibility index (Phi) is 4.73. The minimum atomic E-state index is -0.789. The summed E-state index contributed by atoms with van der Waals surface area (Å²) in [5.74, 6) is -0.671. The van der Waals surface area contributed by atoms with Crippen LogP contribution in [0.25, 0.3) is 0 Å². The van der Waals surface area contributed by atoms with Crippen molar-refractivity contribution in [1.29, 1.82) is 0 Å². The highest BCUT2D eigenvalue weighted by atomic mass is 16.4. The fraction of sp³-hybridized carbons (Fsp3) is 0.818. The zero-order chi connectivity index (χ0) is 12.1. The van der Waals surface area contributed by atoms with Crippen molar-refractivity contribution in [1.82, 2.24) is 4.90 Å². The molecule has 3 N–H and O–H groups in total. The summed E-state index contributed by atoms with van der Waals surface area (Å²) < 4.78 is 0. The lowest BCUT2D eigenvalue weighted by atomic mass is 9.89. The zero-order valence-electron chi connectivity index (χ0n) is 9.69. The summed E-state index contributed by atoms with van der Waals surface area (Å²) in [6.07, 6.45) is 2.96. The van der Waals surface area contributed by atoms with Gasteiger partial charge in [-0.15, -0.1) is 0 Å². The largest absolute Gasteiger partial charge is 0.480 e. The minimum absolute atomic E-state index is 0.237. The topological polar surface area (TPSA) is 83.6 Å². The monoisotopic (exact) mass is 228 g/mol. The molecule has 0 aromatic rings. The van der Waals surface area contributed by atoms with Gasteiger partial charge in [0.2, 0.25) is 5.91 Å². The number of nitrogens with zero attached hydrogens (tertiary/aromatic N) is 1. The van der Waals surface area contributed by atoms with Crippen LogP contribution in [0, 0.1) is 5.92 Å². The van der Waals surface area contributed by atoms with E-state index < -0.39 is 12.0 Å². The summed E-state index contributed by atoms with van der Waals surface area (Å²) in [6.45, 7) is 3.30. The first-order chi connectivity index (χ1) is 7.54. The van der Waals surface area contributed by atoms with Crippen molar-refractivity contribution in [3.8, 4) is 0 Å². The van der Waals surface area contributed by atoms with Gasteiger partial charge in [0.15, 0.2) is 0 Å². The predicted molar refractivity (Wildman–Crippen MR) is 59.8 cm³/mol. The molecule has 5 heteroatoms. The predicted octanol–water partition coefficient (Wildman–Crippen LogP) is 0.437. The third-order valence-electron chi connectivity index (χ3n) is 3.33. The molecule has 92 valence electrons. The second-order valence-corrected chi connectivity index (χ2v) is 4.40. The summed E-state index contributed by atoms with van der Waals surface area (Å²) >= 11 is 0. The third kappa shape index (κ3) is 3.48. The molecule has 16 heavy (non-hydrogen) atoms. The molecular weight excluding hydrogens is 208 g/mol. The van der Waals surface area contributed by atoms with Gasteiger partial charge >= 0.3 is 5.97 Å². The van der Waals surface area contributed by atoms with E-state index in [-0.39, 0.29) is 12.3 Å². The van der Waals surface area contributed by atoms with E-state index in [4.69, 9.17) is 10.8 Å². The smallest absolute Gasteiger partial charge is 0.320 e. The molecular formula is C11H20N2O3. The van der Waals surface area contributed by atoms with Crippen LogP contribution in [-0.2, 0) is 9.59 Å². The number of hydrogen-bond donors (Lipinski definition) is 2. The Morgan fingerprint density at radius 1 is 1.50 bits per heavy atom. The van der Waals surface area contributed by atoms with Crippen molar-refractivity contribution >= 4 is 11.9 Å². The van der Waals surface area contributed by atoms with E-state index in [9.17, 15) is 9.59 Å². The fourth-order valence-electron chi connectivity index (χ4n) is 2.24. The summed E-state index contributed by atoms with van der Waals surface area (Å²) in [7, 11) is 0. The van der Waals surface area contributed by atoms with Gasteiger partial charge in [-0.2, -0.15) is 0 Å². The van der Waals surface area contributed by atoms with Gasteiger partial charge in [-0.1, -0.05) is 13.3 Å². The molecule has 0 aromatic carbocycles. The zero-order valence-corrected chi connectivity index (χ0v) is 9.69. The van der Waals surface area contributed by atoms with Crippen LogP contribution in [0.3, 0.4) is 0 Å². The Bertz CT molecular complexity index is 268. The Labute approximate surface area is 95.6 Å². The van der Waals surface area contributed by atoms with Crippen molar-refractivity contribution in [2.75, 3.05) is 13.1 Å². The van der Waals surface area contributed by atoms with Crippen molar-refractivity contribution < 1.29 is 14.7 Å². The van der Waals surface area contributed by atoms with E-state index in [0.29, 0.717) is 18.9 Å². The molecule has 0 saturated carbocycles. The van der Waals surface area contributed by atoms with Crippen molar-refractivity contribution in [2.24, 2.45) is 11.7 Å². The van der Waals surface area contributed by atoms with Gasteiger partial charge in [-0.25, -0.2) is 0 Å². The average molecular weight is 228 g/mol. The molecule has 1 saturated heterocycles. The van der Waals surface area contributed by atoms with Gasteiger partial charge in [-0.05, 0) is 25.3 Å². The Morgan fingerprint density at radius 3 is 2.69 bits per heavy atom. The van der Waals surface area contributed by atoms with Crippen LogP contribution >= 0.6 is 0 Å². The average Bonchev–Trinajstić information content (AvgIpc) is 2.25. The Morgan fingerprint density at radius 2 is 2.19 bits per heavy atom. The Balaban J connectivity index is 2.54. The molecule has 1 fully saturated rings. The van der Waals surface area contributed by atoms with E-state index in [0.717, 1.165) is 19.4 Å². The lowest BCUT2D eigenvalue weighted by Gasteiger charge is -2.36. The number of aliphatic carboxylic acids is 1. The van der Waals surface area contributed by atoms with Gasteiger partial charge in [0, 0.05) is 13.0 Å². The number of carboxylic acids is 1. The molecule has 0 aromatic heterocycles. The third-order valence-corrected chi connectivity index (χ3v) is 3.33. The molecule has 1 rings (SSSR count). The lowest BCUT2D eigenvalue weighted by molar-refractivity contribution is -0.145. The van der Waals surface area contributed by atoms with Crippen LogP contribution in [0.4, 0.5) is 0 Å². The number of carbonyl (C=O) groups is 2. The standard InChI is InChI=1S/C11H20N2O3/c1-2-8-3-5-13(6-4-10(12)14)9(7-8)11(15)16/h8-9H,2-7H2,1H3,(H2,12,14)(H,15,16). The van der Waals surface area contributed by atoms with Crippen LogP contribution in [0.2, 0.25) is 0 Å². The van der Waals surface area contributed by atoms with E-state index >= 15 is 0 Å². The fourth-order valence-corrected chi connectivity index (χ4v) is 2.24. The molecule has 5 nitrogen and oxygen atoms in total. The highest BCUT2D eigenvalue weighted by molar-refractivity contribution is 5.75. The quantitative estimate of drug-likeness (QED) is 0.715. The molecule has 1 aliphatic rings. The maximum atomic E-state index is 11.1. The number of nitrogens with two attached hydrogens (primary N) is 1. The van der Waals surface area contributed by atoms with Crippen molar-refractivity contribution in [3.63, 3.8) is 0 Å². The molecule has 1 heterocycles. The number of carbonyl (C=O) groups excluding carboxylic acids is 1. The minimum Gasteiger partial charge on any atom is -0.480 e. The van der Waals surface area contributed by atoms with Crippen LogP contribution < -0.4 is 5.73 Å². The normalized spacial score (nSPS) is 26.6. The molecule has 0 bridgehead atoms. The van der Waals surface area contributed by atoms with Crippen molar-refractivity contribution in [2.45, 2.75) is 38.6 Å². The van der Waals surface area contributed by atoms with Crippen LogP contribution in [-0.4, -0.2) is 41.0 Å². The van der Waals surface area contributed by atoms with Gasteiger partial charge in [-0.3, -0.25) is 14.5 Å². The molecule has 2 atom stereocenters. The maximum Gasteiger partial charge on any atom is 0.320 e. The number of amides is 1. The van der Waals surface area contributed by atoms with Crippen LogP contribution in [0.1, 0.15) is 32.6 Å². The summed E-state index contributed by atoms with van der Waals surface area (Å²) in [5, 5.41) is 9.13. The highest BCUT2D eigenvalue weighted by Gasteiger charge is 2.32. The lowest BCUT2D eigenvalue weighted by Crippen LogP contribution is -2.48. The van der Waals surface area contributed by atoms with Crippen molar-refractivity contribution in [3.05, 3.63) is 0 Å². The first-order valence-corrected chi connectivity index (χ1v) is 5.79. The summed E-state index contributed by atoms with van der Waals surface area (Å²) in [4.78, 5) is 23.7. The number of likely N-dealkylation sites (tertiary alicyclic amines) is 1. The van der Waals surface area contributed by atoms with E-state index in [1.54, 1.807) is 0 Å². The number of piperidine rings is 1. The van der Waals surface area contributed by atoms with E-state index in [1.165, 1.54) is 0 Å². The number of rotatable bonds is 5. The first-order valence-electron chi connectivity index (χ1n) is 5.79. The highest BCUT2D eigenvalue weighted by Crippen LogP contribution is 2.25. The SMILES string of the molecule is CCC1CCN(CCC(N)=O)C(C(=O)O)C1. The number of hydrogen-bond acceptors (Lipinski definition) is 3. The first kappa shape index (κ1) is 13.0. The molecule has 0 spiro atoms. The number of carboxylic acid groups (broad SMARTS) is 1. The van der Waals surface area contributed by atoms with Crippen LogP contribution in [0.5, 0.6) is 0 Å². The molecule has 1 aliphatic heterocycles. The van der Waals surface area contributed by atoms with Gasteiger partial charge < -0.3 is 10.8 Å². The molecule has 2 unspecified atom stereocenters. The number of primary amides is 1. The van der Waals surface area contributed by atoms with Gasteiger partial charge in [0.25, 0.3) is 0 Å². The summed E-state index contributed by atoms with van der Waals surface area (Å²) in [5.41, 5.74) is 5.07. The van der Waals surface area contributed by atoms with Gasteiger partial charge in [0.05, 0.1) is 0 Å². The maximum absolute atomic E-state index is 11.1. The Hall–Kier alpha value is -1.10. The second-order valence-electron chi connectivity index (χ2n) is 4.40. The van der Waals surface area contributed by atoms with Crippen LogP contribution in [0.15, 0.2) is 0 Å².